The normalized spacial score (nSPS) is 17.9. The maximum Gasteiger partial charge on any atom is 0.255 e. The highest BCUT2D eigenvalue weighted by Gasteiger charge is 2.19. The minimum atomic E-state index is -0.142. The molecule has 0 saturated carbocycles. The molecule has 0 bridgehead atoms. The smallest absolute Gasteiger partial charge is 0.255 e. The Morgan fingerprint density at radius 3 is 3.09 bits per heavy atom. The van der Waals surface area contributed by atoms with Crippen LogP contribution in [0.25, 0.3) is 0 Å². The Kier molecular flexibility index (Phi) is 4.66. The van der Waals surface area contributed by atoms with E-state index in [1.807, 2.05) is 13.0 Å². The summed E-state index contributed by atoms with van der Waals surface area (Å²) in [6, 6.07) is 1.82. The Hall–Kier alpha value is -2.28. The number of carbonyl (C=O) groups is 1. The summed E-state index contributed by atoms with van der Waals surface area (Å²) >= 11 is 0. The van der Waals surface area contributed by atoms with Crippen LogP contribution < -0.4 is 5.32 Å². The number of hydrogen-bond acceptors (Lipinski definition) is 5. The van der Waals surface area contributed by atoms with Crippen LogP contribution in [0.4, 0.5) is 0 Å². The van der Waals surface area contributed by atoms with Gasteiger partial charge in [-0.25, -0.2) is 9.97 Å². The second-order valence-corrected chi connectivity index (χ2v) is 5.80. The van der Waals surface area contributed by atoms with E-state index in [9.17, 15) is 4.79 Å². The molecule has 3 heterocycles. The van der Waals surface area contributed by atoms with E-state index in [2.05, 4.69) is 20.4 Å². The summed E-state index contributed by atoms with van der Waals surface area (Å²) < 4.78 is 7.12. The molecular formula is C16H21N5O2. The molecule has 23 heavy (non-hydrogen) atoms. The number of carbonyl (C=O) groups excluding carboxylic acids is 1. The molecule has 3 rings (SSSR count). The number of nitrogens with zero attached hydrogens (tertiary/aromatic N) is 4. The van der Waals surface area contributed by atoms with Gasteiger partial charge >= 0.3 is 0 Å². The molecule has 0 spiro atoms. The van der Waals surface area contributed by atoms with E-state index >= 15 is 0 Å². The quantitative estimate of drug-likeness (QED) is 0.921. The van der Waals surface area contributed by atoms with Gasteiger partial charge in [-0.1, -0.05) is 0 Å². The Morgan fingerprint density at radius 1 is 1.52 bits per heavy atom. The first-order valence-corrected chi connectivity index (χ1v) is 7.81. The number of amides is 1. The highest BCUT2D eigenvalue weighted by Crippen LogP contribution is 2.22. The Morgan fingerprint density at radius 2 is 2.39 bits per heavy atom. The first kappa shape index (κ1) is 15.6. The third-order valence-electron chi connectivity index (χ3n) is 3.95. The highest BCUT2D eigenvalue weighted by atomic mass is 16.5. The van der Waals surface area contributed by atoms with Crippen LogP contribution in [0.5, 0.6) is 0 Å². The van der Waals surface area contributed by atoms with Crippen molar-refractivity contribution in [3.05, 3.63) is 41.2 Å². The van der Waals surface area contributed by atoms with Crippen molar-refractivity contribution in [3.8, 4) is 0 Å². The van der Waals surface area contributed by atoms with Crippen LogP contribution in [0, 0.1) is 6.92 Å². The van der Waals surface area contributed by atoms with Crippen molar-refractivity contribution in [1.82, 2.24) is 25.1 Å². The number of ether oxygens (including phenoxy) is 1. The van der Waals surface area contributed by atoms with Crippen LogP contribution in [-0.4, -0.2) is 38.9 Å². The highest BCUT2D eigenvalue weighted by molar-refractivity contribution is 5.94. The summed E-state index contributed by atoms with van der Waals surface area (Å²) in [7, 11) is 1.80. The van der Waals surface area contributed by atoms with Gasteiger partial charge in [0.1, 0.15) is 5.82 Å². The first-order chi connectivity index (χ1) is 11.1. The van der Waals surface area contributed by atoms with Gasteiger partial charge in [-0.15, -0.1) is 0 Å². The summed E-state index contributed by atoms with van der Waals surface area (Å²) in [5.74, 6) is 0.908. The van der Waals surface area contributed by atoms with Crippen molar-refractivity contribution >= 4 is 5.91 Å². The minimum Gasteiger partial charge on any atom is -0.381 e. The number of rotatable bonds is 4. The van der Waals surface area contributed by atoms with Gasteiger partial charge in [-0.3, -0.25) is 9.48 Å². The van der Waals surface area contributed by atoms with Crippen LogP contribution >= 0.6 is 0 Å². The average molecular weight is 315 g/mol. The molecule has 1 fully saturated rings. The van der Waals surface area contributed by atoms with Crippen molar-refractivity contribution < 1.29 is 9.53 Å². The molecule has 1 amide bonds. The molecule has 122 valence electrons. The maximum absolute atomic E-state index is 12.2. The zero-order chi connectivity index (χ0) is 16.2. The zero-order valence-electron chi connectivity index (χ0n) is 13.5. The van der Waals surface area contributed by atoms with E-state index in [1.165, 1.54) is 0 Å². The zero-order valence-corrected chi connectivity index (χ0v) is 13.5. The van der Waals surface area contributed by atoms with Gasteiger partial charge in [-0.05, 0) is 25.8 Å². The lowest BCUT2D eigenvalue weighted by Gasteiger charge is -2.20. The van der Waals surface area contributed by atoms with Crippen molar-refractivity contribution in [1.29, 1.82) is 0 Å². The fraction of sp³-hybridized carbons (Fsp3) is 0.500. The van der Waals surface area contributed by atoms with Crippen molar-refractivity contribution in [2.45, 2.75) is 32.2 Å². The largest absolute Gasteiger partial charge is 0.381 e. The molecule has 0 radical (unpaired) electrons. The van der Waals surface area contributed by atoms with E-state index in [0.29, 0.717) is 24.4 Å². The van der Waals surface area contributed by atoms with Gasteiger partial charge in [-0.2, -0.15) is 5.10 Å². The van der Waals surface area contributed by atoms with E-state index in [4.69, 9.17) is 4.74 Å². The molecule has 0 aliphatic carbocycles. The number of hydrogen-bond donors (Lipinski definition) is 1. The van der Waals surface area contributed by atoms with E-state index in [1.54, 1.807) is 24.1 Å². The molecule has 1 saturated heterocycles. The lowest BCUT2D eigenvalue weighted by molar-refractivity contribution is 0.0779. The standard InChI is InChI=1S/C16H21N5O2/c1-11-14(9-21(2)20-11)16(22)18-8-13-5-6-17-15(19-13)12-4-3-7-23-10-12/h5-6,9,12H,3-4,7-8,10H2,1-2H3,(H,18,22)/t12-/m1/s1. The second-order valence-electron chi connectivity index (χ2n) is 5.80. The first-order valence-electron chi connectivity index (χ1n) is 7.81. The molecule has 0 aromatic carbocycles. The van der Waals surface area contributed by atoms with Crippen molar-refractivity contribution in [2.75, 3.05) is 13.2 Å². The van der Waals surface area contributed by atoms with Gasteiger partial charge in [0.05, 0.1) is 30.1 Å². The van der Waals surface area contributed by atoms with Crippen LogP contribution in [0.2, 0.25) is 0 Å². The third kappa shape index (κ3) is 3.73. The van der Waals surface area contributed by atoms with Gasteiger partial charge in [0.25, 0.3) is 5.91 Å². The predicted molar refractivity (Wildman–Crippen MR) is 83.9 cm³/mol. The lowest BCUT2D eigenvalue weighted by Crippen LogP contribution is -2.24. The molecule has 0 unspecified atom stereocenters. The number of aromatic nitrogens is 4. The van der Waals surface area contributed by atoms with Crippen LogP contribution in [0.3, 0.4) is 0 Å². The Labute approximate surface area is 135 Å². The average Bonchev–Trinajstić information content (AvgIpc) is 2.92. The Bertz CT molecular complexity index is 692. The maximum atomic E-state index is 12.2. The second kappa shape index (κ2) is 6.87. The van der Waals surface area contributed by atoms with E-state index < -0.39 is 0 Å². The summed E-state index contributed by atoms with van der Waals surface area (Å²) in [5.41, 5.74) is 2.10. The van der Waals surface area contributed by atoms with Gasteiger partial charge in [0, 0.05) is 32.0 Å². The van der Waals surface area contributed by atoms with Crippen LogP contribution in [0.15, 0.2) is 18.5 Å². The summed E-state index contributed by atoms with van der Waals surface area (Å²) in [6.07, 6.45) is 5.54. The summed E-state index contributed by atoms with van der Waals surface area (Å²) in [6.45, 7) is 3.68. The molecule has 7 nitrogen and oxygen atoms in total. The topological polar surface area (TPSA) is 81.9 Å². The molecule has 1 aliphatic rings. The summed E-state index contributed by atoms with van der Waals surface area (Å²) in [5, 5.41) is 7.06. The van der Waals surface area contributed by atoms with Gasteiger partial charge < -0.3 is 10.1 Å². The van der Waals surface area contributed by atoms with Crippen molar-refractivity contribution in [2.24, 2.45) is 7.05 Å². The fourth-order valence-corrected chi connectivity index (χ4v) is 2.74. The van der Waals surface area contributed by atoms with Gasteiger partial charge in [0.2, 0.25) is 0 Å². The van der Waals surface area contributed by atoms with E-state index in [0.717, 1.165) is 31.0 Å². The molecule has 1 N–H and O–H groups in total. The van der Waals surface area contributed by atoms with Crippen LogP contribution in [-0.2, 0) is 18.3 Å². The van der Waals surface area contributed by atoms with Crippen molar-refractivity contribution in [3.63, 3.8) is 0 Å². The molecule has 1 atom stereocenters. The van der Waals surface area contributed by atoms with E-state index in [-0.39, 0.29) is 11.8 Å². The number of nitrogens with one attached hydrogen (secondary N) is 1. The van der Waals surface area contributed by atoms with Gasteiger partial charge in [0.15, 0.2) is 0 Å². The Balaban J connectivity index is 1.64. The molecule has 1 aliphatic heterocycles. The molecular weight excluding hydrogens is 294 g/mol. The lowest BCUT2D eigenvalue weighted by atomic mass is 10.0. The number of aryl methyl sites for hydroxylation is 2. The SMILES string of the molecule is Cc1nn(C)cc1C(=O)NCc1ccnc([C@@H]2CCCOC2)n1. The fourth-order valence-electron chi connectivity index (χ4n) is 2.74. The predicted octanol–water partition coefficient (Wildman–Crippen LogP) is 1.34. The molecule has 2 aromatic heterocycles. The summed E-state index contributed by atoms with van der Waals surface area (Å²) in [4.78, 5) is 21.1. The van der Waals surface area contributed by atoms with Crippen LogP contribution in [0.1, 0.15) is 46.3 Å². The molecule has 2 aromatic rings. The monoisotopic (exact) mass is 315 g/mol. The molecule has 7 heteroatoms. The third-order valence-corrected chi connectivity index (χ3v) is 3.95. The minimum absolute atomic E-state index is 0.142.